The Kier molecular flexibility index (Phi) is 6.65. The number of nitrogens with two attached hydrogens (primary N) is 1. The van der Waals surface area contributed by atoms with Gasteiger partial charge in [-0.15, -0.1) is 0 Å². The summed E-state index contributed by atoms with van der Waals surface area (Å²) in [7, 11) is 0. The molecule has 1 aromatic carbocycles. The van der Waals surface area contributed by atoms with Crippen molar-refractivity contribution in [2.45, 2.75) is 40.2 Å². The summed E-state index contributed by atoms with van der Waals surface area (Å²) in [6, 6.07) is 5.01. The lowest BCUT2D eigenvalue weighted by Crippen LogP contribution is -2.28. The first kappa shape index (κ1) is 16.6. The molecule has 3 N–H and O–H groups in total. The van der Waals surface area contributed by atoms with Crippen LogP contribution in [-0.2, 0) is 11.3 Å². The summed E-state index contributed by atoms with van der Waals surface area (Å²) in [5.41, 5.74) is 7.07. The lowest BCUT2D eigenvalue weighted by molar-refractivity contribution is -0.122. The smallest absolute Gasteiger partial charge is 0.220 e. The Morgan fingerprint density at radius 1 is 1.40 bits per heavy atom. The van der Waals surface area contributed by atoms with E-state index in [0.717, 1.165) is 12.0 Å². The molecule has 0 bridgehead atoms. The van der Waals surface area contributed by atoms with Gasteiger partial charge in [-0.3, -0.25) is 4.79 Å². The van der Waals surface area contributed by atoms with E-state index >= 15 is 0 Å². The molecule has 4 heteroatoms. The molecule has 1 amide bonds. The molecule has 0 radical (unpaired) electrons. The van der Waals surface area contributed by atoms with E-state index in [9.17, 15) is 9.18 Å². The standard InChI is InChI=1S/C16H25FN2O/c1-11(2)6-14(9-18)8-16(20)19-10-13-5-4-12(3)15(17)7-13/h4-5,7,11,14H,6,8-10,18H2,1-3H3,(H,19,20)/t14-/m0/s1. The van der Waals surface area contributed by atoms with E-state index in [1.807, 2.05) is 6.07 Å². The highest BCUT2D eigenvalue weighted by atomic mass is 19.1. The molecule has 0 aromatic heterocycles. The van der Waals surface area contributed by atoms with E-state index in [1.54, 1.807) is 13.0 Å². The zero-order valence-electron chi connectivity index (χ0n) is 12.6. The van der Waals surface area contributed by atoms with Crippen molar-refractivity contribution in [1.82, 2.24) is 5.32 Å². The highest BCUT2D eigenvalue weighted by Gasteiger charge is 2.13. The SMILES string of the molecule is Cc1ccc(CNC(=O)C[C@@H](CN)CC(C)C)cc1F. The quantitative estimate of drug-likeness (QED) is 0.807. The molecule has 1 aromatic rings. The van der Waals surface area contributed by atoms with E-state index in [1.165, 1.54) is 6.07 Å². The minimum absolute atomic E-state index is 0.0258. The second kappa shape index (κ2) is 8.00. The van der Waals surface area contributed by atoms with Gasteiger partial charge in [-0.2, -0.15) is 0 Å². The molecule has 0 saturated carbocycles. The van der Waals surface area contributed by atoms with Gasteiger partial charge < -0.3 is 11.1 Å². The van der Waals surface area contributed by atoms with Gasteiger partial charge in [0, 0.05) is 13.0 Å². The van der Waals surface area contributed by atoms with Gasteiger partial charge in [0.2, 0.25) is 5.91 Å². The summed E-state index contributed by atoms with van der Waals surface area (Å²) in [6.07, 6.45) is 1.38. The predicted octanol–water partition coefficient (Wildman–Crippen LogP) is 2.76. The predicted molar refractivity (Wildman–Crippen MR) is 79.6 cm³/mol. The summed E-state index contributed by atoms with van der Waals surface area (Å²) in [4.78, 5) is 11.9. The fraction of sp³-hybridized carbons (Fsp3) is 0.562. The fourth-order valence-electron chi connectivity index (χ4n) is 2.21. The molecule has 0 aliphatic rings. The number of carbonyl (C=O) groups is 1. The molecule has 0 aliphatic heterocycles. The third-order valence-corrected chi connectivity index (χ3v) is 3.34. The Morgan fingerprint density at radius 2 is 2.10 bits per heavy atom. The molecule has 3 nitrogen and oxygen atoms in total. The van der Waals surface area contributed by atoms with Gasteiger partial charge in [-0.05, 0) is 48.9 Å². The van der Waals surface area contributed by atoms with Crippen LogP contribution in [0.2, 0.25) is 0 Å². The number of benzene rings is 1. The number of nitrogens with one attached hydrogen (secondary N) is 1. The number of hydrogen-bond acceptors (Lipinski definition) is 2. The van der Waals surface area contributed by atoms with E-state index in [0.29, 0.717) is 31.0 Å². The first-order valence-electron chi connectivity index (χ1n) is 7.14. The van der Waals surface area contributed by atoms with Gasteiger partial charge in [0.15, 0.2) is 0 Å². The fourth-order valence-corrected chi connectivity index (χ4v) is 2.21. The normalized spacial score (nSPS) is 12.5. The van der Waals surface area contributed by atoms with Gasteiger partial charge >= 0.3 is 0 Å². The topological polar surface area (TPSA) is 55.1 Å². The third kappa shape index (κ3) is 5.70. The minimum atomic E-state index is -0.239. The maximum Gasteiger partial charge on any atom is 0.220 e. The van der Waals surface area contributed by atoms with Crippen LogP contribution in [0.1, 0.15) is 37.8 Å². The van der Waals surface area contributed by atoms with Crippen molar-refractivity contribution >= 4 is 5.91 Å². The van der Waals surface area contributed by atoms with E-state index in [4.69, 9.17) is 5.73 Å². The molecule has 0 saturated heterocycles. The Morgan fingerprint density at radius 3 is 2.65 bits per heavy atom. The monoisotopic (exact) mass is 280 g/mol. The highest BCUT2D eigenvalue weighted by Crippen LogP contribution is 2.14. The first-order chi connectivity index (χ1) is 9.42. The molecular weight excluding hydrogens is 255 g/mol. The van der Waals surface area contributed by atoms with Crippen LogP contribution in [0.25, 0.3) is 0 Å². The summed E-state index contributed by atoms with van der Waals surface area (Å²) >= 11 is 0. The molecular formula is C16H25FN2O. The van der Waals surface area contributed by atoms with Crippen LogP contribution >= 0.6 is 0 Å². The van der Waals surface area contributed by atoms with Crippen LogP contribution in [0, 0.1) is 24.6 Å². The Bertz CT molecular complexity index is 446. The number of carbonyl (C=O) groups excluding carboxylic acids is 1. The number of aryl methyl sites for hydroxylation is 1. The van der Waals surface area contributed by atoms with Gasteiger partial charge in [-0.25, -0.2) is 4.39 Å². The second-order valence-electron chi connectivity index (χ2n) is 5.80. The third-order valence-electron chi connectivity index (χ3n) is 3.34. The average molecular weight is 280 g/mol. The van der Waals surface area contributed by atoms with Crippen molar-refractivity contribution in [3.63, 3.8) is 0 Å². The number of hydrogen-bond donors (Lipinski definition) is 2. The number of amides is 1. The van der Waals surface area contributed by atoms with Gasteiger partial charge in [0.05, 0.1) is 0 Å². The van der Waals surface area contributed by atoms with Crippen LogP contribution in [0.4, 0.5) is 4.39 Å². The molecule has 0 fully saturated rings. The van der Waals surface area contributed by atoms with Crippen LogP contribution in [0.3, 0.4) is 0 Å². The highest BCUT2D eigenvalue weighted by molar-refractivity contribution is 5.76. The van der Waals surface area contributed by atoms with Gasteiger partial charge in [-0.1, -0.05) is 26.0 Å². The lowest BCUT2D eigenvalue weighted by atomic mass is 9.94. The van der Waals surface area contributed by atoms with Crippen molar-refractivity contribution in [2.24, 2.45) is 17.6 Å². The van der Waals surface area contributed by atoms with Crippen molar-refractivity contribution in [3.8, 4) is 0 Å². The maximum absolute atomic E-state index is 13.4. The summed E-state index contributed by atoms with van der Waals surface area (Å²) in [5, 5.41) is 2.82. The van der Waals surface area contributed by atoms with Crippen LogP contribution < -0.4 is 11.1 Å². The zero-order chi connectivity index (χ0) is 15.1. The molecule has 112 valence electrons. The largest absolute Gasteiger partial charge is 0.352 e. The second-order valence-corrected chi connectivity index (χ2v) is 5.80. The average Bonchev–Trinajstić information content (AvgIpc) is 2.39. The maximum atomic E-state index is 13.4. The first-order valence-corrected chi connectivity index (χ1v) is 7.14. The van der Waals surface area contributed by atoms with E-state index in [-0.39, 0.29) is 17.6 Å². The van der Waals surface area contributed by atoms with E-state index < -0.39 is 0 Å². The lowest BCUT2D eigenvalue weighted by Gasteiger charge is -2.16. The Balaban J connectivity index is 2.44. The number of rotatable bonds is 7. The van der Waals surface area contributed by atoms with Crippen LogP contribution in [-0.4, -0.2) is 12.5 Å². The molecule has 0 aliphatic carbocycles. The van der Waals surface area contributed by atoms with E-state index in [2.05, 4.69) is 19.2 Å². The zero-order valence-corrected chi connectivity index (χ0v) is 12.6. The molecule has 0 spiro atoms. The van der Waals surface area contributed by atoms with Gasteiger partial charge in [0.25, 0.3) is 0 Å². The minimum Gasteiger partial charge on any atom is -0.352 e. The van der Waals surface area contributed by atoms with Crippen molar-refractivity contribution in [2.75, 3.05) is 6.54 Å². The molecule has 0 unspecified atom stereocenters. The summed E-state index contributed by atoms with van der Waals surface area (Å²) in [5.74, 6) is 0.478. The molecule has 1 rings (SSSR count). The van der Waals surface area contributed by atoms with Crippen LogP contribution in [0.5, 0.6) is 0 Å². The number of halogens is 1. The van der Waals surface area contributed by atoms with Gasteiger partial charge in [0.1, 0.15) is 5.82 Å². The Hall–Kier alpha value is -1.42. The summed E-state index contributed by atoms with van der Waals surface area (Å²) in [6.45, 7) is 6.83. The van der Waals surface area contributed by atoms with Crippen molar-refractivity contribution < 1.29 is 9.18 Å². The van der Waals surface area contributed by atoms with Crippen molar-refractivity contribution in [1.29, 1.82) is 0 Å². The van der Waals surface area contributed by atoms with Crippen molar-refractivity contribution in [3.05, 3.63) is 35.1 Å². The Labute approximate surface area is 120 Å². The van der Waals surface area contributed by atoms with Crippen LogP contribution in [0.15, 0.2) is 18.2 Å². The molecule has 0 heterocycles. The molecule has 20 heavy (non-hydrogen) atoms. The summed E-state index contributed by atoms with van der Waals surface area (Å²) < 4.78 is 13.4. The molecule has 1 atom stereocenters.